The van der Waals surface area contributed by atoms with Crippen molar-refractivity contribution in [3.63, 3.8) is 0 Å². The van der Waals surface area contributed by atoms with Gasteiger partial charge in [-0.3, -0.25) is 0 Å². The first-order valence-electron chi connectivity index (χ1n) is 5.81. The third kappa shape index (κ3) is 1.67. The number of alkyl halides is 1. The zero-order valence-electron chi connectivity index (χ0n) is 11.1. The Labute approximate surface area is 112 Å². The van der Waals surface area contributed by atoms with Crippen molar-refractivity contribution in [2.24, 2.45) is 0 Å². The minimum atomic E-state index is 0.0927. The van der Waals surface area contributed by atoms with E-state index in [4.69, 9.17) is 21.1 Å². The van der Waals surface area contributed by atoms with Gasteiger partial charge in [0.05, 0.1) is 19.9 Å². The molecule has 1 aromatic carbocycles. The average molecular weight is 272 g/mol. The minimum absolute atomic E-state index is 0.0927. The Bertz CT molecular complexity index is 476. The highest BCUT2D eigenvalue weighted by atomic mass is 35.5. The summed E-state index contributed by atoms with van der Waals surface area (Å²) in [4.78, 5) is 2.06. The largest absolute Gasteiger partial charge is 0.504 e. The maximum atomic E-state index is 10.4. The van der Waals surface area contributed by atoms with E-state index in [1.54, 1.807) is 14.2 Å². The average Bonchev–Trinajstić information content (AvgIpc) is 2.68. The number of phenolic OH excluding ortho intramolecular Hbond substituents is 1. The van der Waals surface area contributed by atoms with Gasteiger partial charge in [-0.25, -0.2) is 0 Å². The Kier molecular flexibility index (Phi) is 3.48. The van der Waals surface area contributed by atoms with E-state index in [2.05, 4.69) is 4.90 Å². The molecule has 0 saturated carbocycles. The second-order valence-electron chi connectivity index (χ2n) is 4.53. The lowest BCUT2D eigenvalue weighted by Gasteiger charge is -2.20. The molecular formula is C13H18ClNO3. The summed E-state index contributed by atoms with van der Waals surface area (Å²) in [6.45, 7) is 2.65. The van der Waals surface area contributed by atoms with Crippen LogP contribution >= 0.6 is 11.6 Å². The first kappa shape index (κ1) is 13.1. The summed E-state index contributed by atoms with van der Waals surface area (Å²) in [5.74, 6) is 1.95. The van der Waals surface area contributed by atoms with Crippen molar-refractivity contribution in [3.8, 4) is 17.2 Å². The third-order valence-electron chi connectivity index (χ3n) is 3.50. The quantitative estimate of drug-likeness (QED) is 0.858. The van der Waals surface area contributed by atoms with Gasteiger partial charge in [-0.15, -0.1) is 11.6 Å². The second kappa shape index (κ2) is 4.76. The van der Waals surface area contributed by atoms with Gasteiger partial charge in [0.15, 0.2) is 11.5 Å². The van der Waals surface area contributed by atoms with E-state index in [0.717, 1.165) is 29.1 Å². The van der Waals surface area contributed by atoms with Crippen molar-refractivity contribution in [1.82, 2.24) is 0 Å². The molecule has 0 amide bonds. The van der Waals surface area contributed by atoms with Gasteiger partial charge in [0.25, 0.3) is 0 Å². The molecule has 0 spiro atoms. The fourth-order valence-electron chi connectivity index (χ4n) is 2.72. The van der Waals surface area contributed by atoms with Crippen LogP contribution in [0.1, 0.15) is 17.0 Å². The molecule has 100 valence electrons. The number of anilines is 1. The molecule has 1 aliphatic heterocycles. The lowest BCUT2D eigenvalue weighted by molar-refractivity contribution is 0.358. The Morgan fingerprint density at radius 1 is 1.33 bits per heavy atom. The lowest BCUT2D eigenvalue weighted by atomic mass is 9.98. The van der Waals surface area contributed by atoms with Gasteiger partial charge >= 0.3 is 0 Å². The summed E-state index contributed by atoms with van der Waals surface area (Å²) >= 11 is 5.98. The molecule has 1 aromatic rings. The monoisotopic (exact) mass is 271 g/mol. The van der Waals surface area contributed by atoms with Crippen molar-refractivity contribution in [2.45, 2.75) is 12.8 Å². The summed E-state index contributed by atoms with van der Waals surface area (Å²) in [5.41, 5.74) is 2.55. The first-order chi connectivity index (χ1) is 8.56. The molecular weight excluding hydrogens is 254 g/mol. The van der Waals surface area contributed by atoms with E-state index in [1.165, 1.54) is 0 Å². The highest BCUT2D eigenvalue weighted by Gasteiger charge is 2.35. The number of rotatable bonds is 3. The molecule has 4 nitrogen and oxygen atoms in total. The summed E-state index contributed by atoms with van der Waals surface area (Å²) in [6, 6.07) is 0. The Balaban J connectivity index is 2.76. The van der Waals surface area contributed by atoms with Crippen LogP contribution in [0.3, 0.4) is 0 Å². The molecule has 0 aromatic heterocycles. The fraction of sp³-hybridized carbons (Fsp3) is 0.538. The van der Waals surface area contributed by atoms with Crippen molar-refractivity contribution in [2.75, 3.05) is 38.6 Å². The highest BCUT2D eigenvalue weighted by molar-refractivity contribution is 6.18. The predicted molar refractivity (Wildman–Crippen MR) is 72.7 cm³/mol. The normalized spacial score (nSPS) is 17.8. The van der Waals surface area contributed by atoms with Crippen LogP contribution in [0, 0.1) is 6.92 Å². The topological polar surface area (TPSA) is 41.9 Å². The van der Waals surface area contributed by atoms with Crippen LogP contribution in [0.2, 0.25) is 0 Å². The van der Waals surface area contributed by atoms with Crippen molar-refractivity contribution in [1.29, 1.82) is 0 Å². The summed E-state index contributed by atoms with van der Waals surface area (Å²) < 4.78 is 10.8. The van der Waals surface area contributed by atoms with Gasteiger partial charge in [0, 0.05) is 36.5 Å². The molecule has 1 atom stereocenters. The molecule has 0 saturated heterocycles. The van der Waals surface area contributed by atoms with Gasteiger partial charge in [-0.05, 0) is 6.92 Å². The van der Waals surface area contributed by atoms with E-state index in [-0.39, 0.29) is 11.7 Å². The molecule has 0 radical (unpaired) electrons. The Hall–Kier alpha value is -1.29. The number of likely N-dealkylation sites (N-methyl/N-ethyl adjacent to an activating group) is 1. The molecule has 1 unspecified atom stereocenters. The molecule has 2 rings (SSSR count). The van der Waals surface area contributed by atoms with Gasteiger partial charge in [0.2, 0.25) is 0 Å². The number of ether oxygens (including phenoxy) is 2. The number of hydrogen-bond donors (Lipinski definition) is 1. The number of halogens is 1. The van der Waals surface area contributed by atoms with Crippen LogP contribution in [-0.4, -0.2) is 38.8 Å². The smallest absolute Gasteiger partial charge is 0.167 e. The standard InChI is InChI=1S/C13H18ClNO3/c1-7-12(17-3)10-9(11(16)13(7)18-4)8(5-14)6-15(10)2/h8,16H,5-6H2,1-4H3. The molecule has 0 bridgehead atoms. The lowest BCUT2D eigenvalue weighted by Crippen LogP contribution is -2.16. The van der Waals surface area contributed by atoms with Crippen LogP contribution in [0.4, 0.5) is 5.69 Å². The number of benzene rings is 1. The third-order valence-corrected chi connectivity index (χ3v) is 3.87. The van der Waals surface area contributed by atoms with Gasteiger partial charge in [0.1, 0.15) is 5.75 Å². The van der Waals surface area contributed by atoms with Gasteiger partial charge in [-0.1, -0.05) is 0 Å². The van der Waals surface area contributed by atoms with Gasteiger partial charge < -0.3 is 19.5 Å². The van der Waals surface area contributed by atoms with Crippen LogP contribution < -0.4 is 14.4 Å². The number of nitrogens with zero attached hydrogens (tertiary/aromatic N) is 1. The summed E-state index contributed by atoms with van der Waals surface area (Å²) in [7, 11) is 5.14. The number of fused-ring (bicyclic) bond motifs is 1. The molecule has 18 heavy (non-hydrogen) atoms. The number of hydrogen-bond acceptors (Lipinski definition) is 4. The second-order valence-corrected chi connectivity index (χ2v) is 4.84. The van der Waals surface area contributed by atoms with Crippen molar-refractivity contribution >= 4 is 17.3 Å². The molecule has 1 heterocycles. The number of phenols is 1. The molecule has 5 heteroatoms. The molecule has 0 fully saturated rings. The molecule has 1 aliphatic rings. The van der Waals surface area contributed by atoms with E-state index >= 15 is 0 Å². The maximum Gasteiger partial charge on any atom is 0.167 e. The van der Waals surface area contributed by atoms with Crippen LogP contribution in [0.25, 0.3) is 0 Å². The van der Waals surface area contributed by atoms with E-state index < -0.39 is 0 Å². The SMILES string of the molecule is COc1c(C)c(OC)c2c(c1O)C(CCl)CN2C. The zero-order valence-corrected chi connectivity index (χ0v) is 11.8. The molecule has 0 aliphatic carbocycles. The van der Waals surface area contributed by atoms with E-state index in [9.17, 15) is 5.11 Å². The van der Waals surface area contributed by atoms with E-state index in [0.29, 0.717) is 11.6 Å². The van der Waals surface area contributed by atoms with E-state index in [1.807, 2.05) is 14.0 Å². The van der Waals surface area contributed by atoms with Crippen LogP contribution in [-0.2, 0) is 0 Å². The molecule has 1 N–H and O–H groups in total. The van der Waals surface area contributed by atoms with Crippen LogP contribution in [0.15, 0.2) is 0 Å². The van der Waals surface area contributed by atoms with Crippen molar-refractivity contribution in [3.05, 3.63) is 11.1 Å². The maximum absolute atomic E-state index is 10.4. The highest BCUT2D eigenvalue weighted by Crippen LogP contribution is 2.53. The summed E-state index contributed by atoms with van der Waals surface area (Å²) in [6.07, 6.45) is 0. The van der Waals surface area contributed by atoms with Crippen LogP contribution in [0.5, 0.6) is 17.2 Å². The van der Waals surface area contributed by atoms with Gasteiger partial charge in [-0.2, -0.15) is 0 Å². The number of aromatic hydroxyl groups is 1. The Morgan fingerprint density at radius 3 is 2.44 bits per heavy atom. The first-order valence-corrected chi connectivity index (χ1v) is 6.34. The minimum Gasteiger partial charge on any atom is -0.504 e. The van der Waals surface area contributed by atoms with Crippen molar-refractivity contribution < 1.29 is 14.6 Å². The summed E-state index contributed by atoms with van der Waals surface area (Å²) in [5, 5.41) is 10.4. The Morgan fingerprint density at radius 2 is 1.94 bits per heavy atom. The zero-order chi connectivity index (χ0) is 13.4. The predicted octanol–water partition coefficient (Wildman–Crippen LogP) is 2.49. The fourth-order valence-corrected chi connectivity index (χ4v) is 2.97. The number of methoxy groups -OCH3 is 2.